The highest BCUT2D eigenvalue weighted by atomic mass is 15.2. The van der Waals surface area contributed by atoms with E-state index in [4.69, 9.17) is 34.7 Å². The highest BCUT2D eigenvalue weighted by Gasteiger charge is 2.11. The van der Waals surface area contributed by atoms with Crippen molar-refractivity contribution in [3.05, 3.63) is 29.1 Å². The summed E-state index contributed by atoms with van der Waals surface area (Å²) < 4.78 is 0. The summed E-state index contributed by atoms with van der Waals surface area (Å²) in [5.41, 5.74) is 17.6. The third-order valence-electron chi connectivity index (χ3n) is 2.06. The van der Waals surface area contributed by atoms with Crippen LogP contribution in [0.2, 0.25) is 0 Å². The number of nitrogens with two attached hydrogens (primary N) is 6. The molecule has 1 rings (SSSR count). The molecule has 0 fully saturated rings. The fourth-order valence-electron chi connectivity index (χ4n) is 1.15. The van der Waals surface area contributed by atoms with E-state index in [9.17, 15) is 0 Å². The number of aromatic nitrogens is 1. The van der Waals surface area contributed by atoms with Gasteiger partial charge in [0.1, 0.15) is 17.2 Å². The van der Waals surface area contributed by atoms with Crippen LogP contribution < -0.4 is 34.7 Å². The van der Waals surface area contributed by atoms with Gasteiger partial charge in [-0.25, -0.2) is 4.98 Å². The summed E-state index contributed by atoms with van der Waals surface area (Å²) in [4.78, 5) is 4.07. The van der Waals surface area contributed by atoms with Crippen molar-refractivity contribution in [1.29, 1.82) is 0 Å². The molecule has 0 aromatic carbocycles. The van der Waals surface area contributed by atoms with Gasteiger partial charge >= 0.3 is 0 Å². The second-order valence-electron chi connectivity index (χ2n) is 3.17. The van der Waals surface area contributed by atoms with Gasteiger partial charge in [0.15, 0.2) is 11.7 Å². The Balaban J connectivity index is 3.48. The third-order valence-corrected chi connectivity index (χ3v) is 2.06. The minimum absolute atomic E-state index is 0.00672. The van der Waals surface area contributed by atoms with Crippen molar-refractivity contribution in [3.63, 3.8) is 0 Å². The number of hydrazone groups is 3. The lowest BCUT2D eigenvalue weighted by Crippen LogP contribution is -2.25. The van der Waals surface area contributed by atoms with Crippen LogP contribution >= 0.6 is 0 Å². The van der Waals surface area contributed by atoms with Gasteiger partial charge in [-0.05, 0) is 12.1 Å². The van der Waals surface area contributed by atoms with E-state index < -0.39 is 0 Å². The zero-order valence-corrected chi connectivity index (χ0v) is 9.41. The van der Waals surface area contributed by atoms with Crippen LogP contribution in [0.15, 0.2) is 27.4 Å². The Morgan fingerprint density at radius 2 is 1.17 bits per heavy atom. The molecule has 96 valence electrons. The highest BCUT2D eigenvalue weighted by molar-refractivity contribution is 6.04. The number of pyridine rings is 1. The molecule has 0 saturated carbocycles. The summed E-state index contributed by atoms with van der Waals surface area (Å²) in [6.45, 7) is 0. The quantitative estimate of drug-likeness (QED) is 0.140. The molecule has 0 amide bonds. The van der Waals surface area contributed by atoms with Gasteiger partial charge in [-0.15, -0.1) is 0 Å². The van der Waals surface area contributed by atoms with Crippen LogP contribution in [0.1, 0.15) is 17.0 Å². The number of amidine groups is 3. The predicted molar refractivity (Wildman–Crippen MR) is 69.0 cm³/mol. The van der Waals surface area contributed by atoms with Crippen molar-refractivity contribution in [2.24, 2.45) is 50.0 Å². The van der Waals surface area contributed by atoms with Crippen LogP contribution in [-0.4, -0.2) is 22.5 Å². The van der Waals surface area contributed by atoms with Crippen LogP contribution in [0.3, 0.4) is 0 Å². The molecule has 0 aliphatic heterocycles. The first-order valence-corrected chi connectivity index (χ1v) is 4.66. The maximum Gasteiger partial charge on any atom is 0.169 e. The van der Waals surface area contributed by atoms with Gasteiger partial charge in [-0.3, -0.25) is 0 Å². The molecule has 0 saturated heterocycles. The number of rotatable bonds is 3. The number of hydrogen-bond donors (Lipinski definition) is 6. The van der Waals surface area contributed by atoms with Crippen LogP contribution in [0.4, 0.5) is 0 Å². The highest BCUT2D eigenvalue weighted by Crippen LogP contribution is 2.06. The molecule has 0 unspecified atom stereocenters. The molecule has 0 bridgehead atoms. The molecule has 0 aliphatic rings. The van der Waals surface area contributed by atoms with Crippen LogP contribution in [-0.2, 0) is 0 Å². The minimum Gasteiger partial charge on any atom is -0.382 e. The topological polar surface area (TPSA) is 206 Å². The Labute approximate surface area is 102 Å². The molecule has 0 aliphatic carbocycles. The van der Waals surface area contributed by atoms with E-state index in [1.54, 1.807) is 0 Å². The minimum atomic E-state index is -0.00672. The summed E-state index contributed by atoms with van der Waals surface area (Å²) in [6.07, 6.45) is 0. The smallest absolute Gasteiger partial charge is 0.169 e. The lowest BCUT2D eigenvalue weighted by Gasteiger charge is -2.07. The van der Waals surface area contributed by atoms with Crippen LogP contribution in [0, 0.1) is 0 Å². The van der Waals surface area contributed by atoms with E-state index in [-0.39, 0.29) is 28.9 Å². The number of hydrogen-bond acceptors (Lipinski definition) is 7. The van der Waals surface area contributed by atoms with E-state index in [0.717, 1.165) is 0 Å². The van der Waals surface area contributed by atoms with E-state index >= 15 is 0 Å². The number of nitrogens with zero attached hydrogens (tertiary/aromatic N) is 4. The van der Waals surface area contributed by atoms with E-state index in [0.29, 0.717) is 5.56 Å². The van der Waals surface area contributed by atoms with Crippen molar-refractivity contribution in [3.8, 4) is 0 Å². The summed E-state index contributed by atoms with van der Waals surface area (Å²) in [5.74, 6) is 15.3. The SMILES string of the molecule is N/N=C(\N)c1cc(/C(N)=N\N)cc(/C(N)=N/N)n1. The molecule has 0 radical (unpaired) electrons. The van der Waals surface area contributed by atoms with Gasteiger partial charge in [-0.2, -0.15) is 15.3 Å². The first-order chi connectivity index (χ1) is 8.53. The zero-order chi connectivity index (χ0) is 13.7. The van der Waals surface area contributed by atoms with Crippen molar-refractivity contribution in [2.75, 3.05) is 0 Å². The largest absolute Gasteiger partial charge is 0.382 e. The van der Waals surface area contributed by atoms with Gasteiger partial charge < -0.3 is 34.7 Å². The molecule has 18 heavy (non-hydrogen) atoms. The summed E-state index contributed by atoms with van der Waals surface area (Å²) >= 11 is 0. The zero-order valence-electron chi connectivity index (χ0n) is 9.41. The van der Waals surface area contributed by atoms with Crippen molar-refractivity contribution >= 4 is 17.5 Å². The molecule has 10 heteroatoms. The molecule has 1 aromatic heterocycles. The second kappa shape index (κ2) is 5.34. The molecule has 10 nitrogen and oxygen atoms in total. The monoisotopic (exact) mass is 250 g/mol. The summed E-state index contributed by atoms with van der Waals surface area (Å²) in [5, 5.41) is 9.99. The van der Waals surface area contributed by atoms with Gasteiger partial charge in [0.05, 0.1) is 0 Å². The first kappa shape index (κ1) is 13.0. The Morgan fingerprint density at radius 3 is 1.50 bits per heavy atom. The Kier molecular flexibility index (Phi) is 3.86. The van der Waals surface area contributed by atoms with Gasteiger partial charge in [0.2, 0.25) is 0 Å². The normalized spacial score (nSPS) is 13.7. The van der Waals surface area contributed by atoms with Gasteiger partial charge in [-0.1, -0.05) is 0 Å². The second-order valence-corrected chi connectivity index (χ2v) is 3.17. The lowest BCUT2D eigenvalue weighted by molar-refractivity contribution is 1.15. The van der Waals surface area contributed by atoms with Crippen molar-refractivity contribution in [1.82, 2.24) is 4.98 Å². The van der Waals surface area contributed by atoms with Crippen molar-refractivity contribution < 1.29 is 0 Å². The molecule has 1 heterocycles. The maximum absolute atomic E-state index is 5.59. The fraction of sp³-hybridized carbons (Fsp3) is 0. The first-order valence-electron chi connectivity index (χ1n) is 4.66. The Hall–Kier alpha value is -3.04. The van der Waals surface area contributed by atoms with E-state index in [2.05, 4.69) is 20.3 Å². The van der Waals surface area contributed by atoms with E-state index in [1.807, 2.05) is 0 Å². The molecular weight excluding hydrogens is 236 g/mol. The predicted octanol–water partition coefficient (Wildman–Crippen LogP) is -3.18. The van der Waals surface area contributed by atoms with Crippen LogP contribution in [0.25, 0.3) is 0 Å². The summed E-state index contributed by atoms with van der Waals surface area (Å²) in [7, 11) is 0. The van der Waals surface area contributed by atoms with E-state index in [1.165, 1.54) is 12.1 Å². The average molecular weight is 250 g/mol. The van der Waals surface area contributed by atoms with Gasteiger partial charge in [0.25, 0.3) is 0 Å². The Bertz CT molecular complexity index is 440. The molecule has 12 N–H and O–H groups in total. The third kappa shape index (κ3) is 2.55. The van der Waals surface area contributed by atoms with Gasteiger partial charge in [0, 0.05) is 5.56 Å². The fourth-order valence-corrected chi connectivity index (χ4v) is 1.15. The Morgan fingerprint density at radius 1 is 0.778 bits per heavy atom. The van der Waals surface area contributed by atoms with Crippen molar-refractivity contribution in [2.45, 2.75) is 0 Å². The standard InChI is InChI=1S/C8H14N10/c9-6(16-12)3-1-4(7(10)17-13)15-5(2-3)8(11)18-14/h1-2H,12-14H2,(H2,9,16)(H2,10,17)(H2,11,18). The molecule has 0 spiro atoms. The lowest BCUT2D eigenvalue weighted by atomic mass is 10.1. The summed E-state index contributed by atoms with van der Waals surface area (Å²) in [6, 6.07) is 3.01. The molecule has 0 atom stereocenters. The average Bonchev–Trinajstić information content (AvgIpc) is 2.43. The maximum atomic E-state index is 5.59. The molecular formula is C8H14N10. The van der Waals surface area contributed by atoms with Crippen LogP contribution in [0.5, 0.6) is 0 Å². The molecule has 1 aromatic rings.